The van der Waals surface area contributed by atoms with Gasteiger partial charge in [0.25, 0.3) is 0 Å². The molecule has 1 atom stereocenters. The molecule has 0 spiro atoms. The molecule has 1 fully saturated rings. The number of rotatable bonds is 4. The average Bonchev–Trinajstić information content (AvgIpc) is 2.23. The third-order valence-electron chi connectivity index (χ3n) is 3.03. The van der Waals surface area contributed by atoms with Crippen LogP contribution in [0.5, 0.6) is 5.75 Å². The number of ether oxygens (including phenoxy) is 2. The Kier molecular flexibility index (Phi) is 3.23. The molecule has 3 heteroatoms. The van der Waals surface area contributed by atoms with Gasteiger partial charge in [-0.3, -0.25) is 0 Å². The average molecular weight is 207 g/mol. The first kappa shape index (κ1) is 10.5. The van der Waals surface area contributed by atoms with Crippen LogP contribution in [0.1, 0.15) is 11.5 Å². The summed E-state index contributed by atoms with van der Waals surface area (Å²) < 4.78 is 10.6. The lowest BCUT2D eigenvalue weighted by molar-refractivity contribution is -0.0439. The number of methoxy groups -OCH3 is 1. The normalized spacial score (nSPS) is 18.3. The number of benzene rings is 1. The molecule has 2 rings (SSSR count). The zero-order chi connectivity index (χ0) is 10.7. The molecule has 1 aromatic rings. The third kappa shape index (κ3) is 1.98. The number of para-hydroxylation sites is 1. The van der Waals surface area contributed by atoms with E-state index in [-0.39, 0.29) is 0 Å². The van der Waals surface area contributed by atoms with Gasteiger partial charge in [-0.25, -0.2) is 0 Å². The summed E-state index contributed by atoms with van der Waals surface area (Å²) in [6.45, 7) is 2.29. The van der Waals surface area contributed by atoms with Gasteiger partial charge >= 0.3 is 0 Å². The quantitative estimate of drug-likeness (QED) is 0.811. The summed E-state index contributed by atoms with van der Waals surface area (Å²) >= 11 is 0. The lowest BCUT2D eigenvalue weighted by Gasteiger charge is -2.33. The van der Waals surface area contributed by atoms with E-state index in [0.29, 0.717) is 18.4 Å². The van der Waals surface area contributed by atoms with Crippen LogP contribution in [0.4, 0.5) is 0 Å². The van der Waals surface area contributed by atoms with E-state index >= 15 is 0 Å². The van der Waals surface area contributed by atoms with Gasteiger partial charge < -0.3 is 15.2 Å². The molecule has 0 aromatic heterocycles. The fraction of sp³-hybridized carbons (Fsp3) is 0.500. The van der Waals surface area contributed by atoms with Crippen molar-refractivity contribution in [2.75, 3.05) is 26.9 Å². The van der Waals surface area contributed by atoms with Crippen LogP contribution in [0.15, 0.2) is 24.3 Å². The Morgan fingerprint density at radius 3 is 2.73 bits per heavy atom. The summed E-state index contributed by atoms with van der Waals surface area (Å²) in [6, 6.07) is 8.08. The molecule has 0 aliphatic carbocycles. The van der Waals surface area contributed by atoms with Crippen LogP contribution in [-0.2, 0) is 4.74 Å². The molecule has 1 saturated heterocycles. The maximum absolute atomic E-state index is 5.83. The van der Waals surface area contributed by atoms with Crippen LogP contribution in [0, 0.1) is 5.92 Å². The molecule has 82 valence electrons. The second-order valence-electron chi connectivity index (χ2n) is 3.88. The second kappa shape index (κ2) is 4.64. The van der Waals surface area contributed by atoms with E-state index in [1.165, 1.54) is 5.56 Å². The van der Waals surface area contributed by atoms with E-state index in [1.54, 1.807) is 7.11 Å². The predicted molar refractivity (Wildman–Crippen MR) is 59.1 cm³/mol. The molecular weight excluding hydrogens is 190 g/mol. The van der Waals surface area contributed by atoms with Gasteiger partial charge in [0.15, 0.2) is 0 Å². The molecule has 15 heavy (non-hydrogen) atoms. The Balaban J connectivity index is 2.24. The van der Waals surface area contributed by atoms with Gasteiger partial charge in [-0.1, -0.05) is 18.2 Å². The topological polar surface area (TPSA) is 44.5 Å². The SMILES string of the molecule is COc1ccccc1C(CN)C1COC1. The van der Waals surface area contributed by atoms with Gasteiger partial charge in [-0.05, 0) is 18.2 Å². The number of hydrogen-bond acceptors (Lipinski definition) is 3. The highest BCUT2D eigenvalue weighted by Crippen LogP contribution is 2.34. The van der Waals surface area contributed by atoms with Crippen molar-refractivity contribution in [2.24, 2.45) is 11.7 Å². The van der Waals surface area contributed by atoms with E-state index in [0.717, 1.165) is 19.0 Å². The van der Waals surface area contributed by atoms with E-state index in [2.05, 4.69) is 6.07 Å². The van der Waals surface area contributed by atoms with E-state index < -0.39 is 0 Å². The highest BCUT2D eigenvalue weighted by Gasteiger charge is 2.30. The van der Waals surface area contributed by atoms with Gasteiger partial charge in [-0.15, -0.1) is 0 Å². The zero-order valence-electron chi connectivity index (χ0n) is 8.98. The largest absolute Gasteiger partial charge is 0.496 e. The molecule has 0 radical (unpaired) electrons. The summed E-state index contributed by atoms with van der Waals surface area (Å²) in [4.78, 5) is 0. The maximum atomic E-state index is 5.83. The molecule has 2 N–H and O–H groups in total. The molecule has 3 nitrogen and oxygen atoms in total. The van der Waals surface area contributed by atoms with Gasteiger partial charge in [-0.2, -0.15) is 0 Å². The van der Waals surface area contributed by atoms with Crippen LogP contribution < -0.4 is 10.5 Å². The first-order valence-corrected chi connectivity index (χ1v) is 5.27. The van der Waals surface area contributed by atoms with Gasteiger partial charge in [0.05, 0.1) is 20.3 Å². The van der Waals surface area contributed by atoms with Crippen LogP contribution in [0.2, 0.25) is 0 Å². The summed E-state index contributed by atoms with van der Waals surface area (Å²) in [6.07, 6.45) is 0. The minimum absolute atomic E-state index is 0.356. The van der Waals surface area contributed by atoms with Crippen LogP contribution in [0.25, 0.3) is 0 Å². The van der Waals surface area contributed by atoms with Crippen LogP contribution in [0.3, 0.4) is 0 Å². The second-order valence-corrected chi connectivity index (χ2v) is 3.88. The molecule has 0 saturated carbocycles. The Labute approximate surface area is 90.2 Å². The van der Waals surface area contributed by atoms with Crippen molar-refractivity contribution >= 4 is 0 Å². The summed E-state index contributed by atoms with van der Waals surface area (Å²) in [5.41, 5.74) is 7.03. The summed E-state index contributed by atoms with van der Waals surface area (Å²) in [5, 5.41) is 0. The first-order chi connectivity index (χ1) is 7.36. The van der Waals surface area contributed by atoms with Crippen molar-refractivity contribution < 1.29 is 9.47 Å². The number of nitrogens with two attached hydrogens (primary N) is 1. The summed E-state index contributed by atoms with van der Waals surface area (Å²) in [5.74, 6) is 1.83. The van der Waals surface area contributed by atoms with Crippen molar-refractivity contribution in [3.8, 4) is 5.75 Å². The van der Waals surface area contributed by atoms with E-state index in [9.17, 15) is 0 Å². The lowest BCUT2D eigenvalue weighted by atomic mass is 9.84. The highest BCUT2D eigenvalue weighted by molar-refractivity contribution is 5.37. The molecule has 1 aliphatic rings. The molecule has 1 aliphatic heterocycles. The third-order valence-corrected chi connectivity index (χ3v) is 3.03. The van der Waals surface area contributed by atoms with Gasteiger partial charge in [0.2, 0.25) is 0 Å². The molecule has 1 aromatic carbocycles. The standard InChI is InChI=1S/C12H17NO2/c1-14-12-5-3-2-4-10(12)11(6-13)9-7-15-8-9/h2-5,9,11H,6-8,13H2,1H3. The van der Waals surface area contributed by atoms with Crippen molar-refractivity contribution in [3.63, 3.8) is 0 Å². The predicted octanol–water partition coefficient (Wildman–Crippen LogP) is 1.38. The summed E-state index contributed by atoms with van der Waals surface area (Å²) in [7, 11) is 1.70. The molecule has 1 unspecified atom stereocenters. The molecule has 0 bridgehead atoms. The monoisotopic (exact) mass is 207 g/mol. The van der Waals surface area contributed by atoms with Gasteiger partial charge in [0, 0.05) is 11.8 Å². The van der Waals surface area contributed by atoms with Crippen molar-refractivity contribution in [1.29, 1.82) is 0 Å². The minimum atomic E-state index is 0.356. The fourth-order valence-corrected chi connectivity index (χ4v) is 2.03. The zero-order valence-corrected chi connectivity index (χ0v) is 8.98. The van der Waals surface area contributed by atoms with Crippen LogP contribution >= 0.6 is 0 Å². The molecular formula is C12H17NO2. The maximum Gasteiger partial charge on any atom is 0.122 e. The Morgan fingerprint density at radius 2 is 2.20 bits per heavy atom. The fourth-order valence-electron chi connectivity index (χ4n) is 2.03. The molecule has 1 heterocycles. The van der Waals surface area contributed by atoms with Crippen molar-refractivity contribution in [1.82, 2.24) is 0 Å². The highest BCUT2D eigenvalue weighted by atomic mass is 16.5. The Bertz CT molecular complexity index is 323. The number of hydrogen-bond donors (Lipinski definition) is 1. The smallest absolute Gasteiger partial charge is 0.122 e. The lowest BCUT2D eigenvalue weighted by Crippen LogP contribution is -2.36. The Hall–Kier alpha value is -1.06. The van der Waals surface area contributed by atoms with Gasteiger partial charge in [0.1, 0.15) is 5.75 Å². The van der Waals surface area contributed by atoms with E-state index in [4.69, 9.17) is 15.2 Å². The van der Waals surface area contributed by atoms with Crippen LogP contribution in [-0.4, -0.2) is 26.9 Å². The first-order valence-electron chi connectivity index (χ1n) is 5.27. The minimum Gasteiger partial charge on any atom is -0.496 e. The Morgan fingerprint density at radius 1 is 1.47 bits per heavy atom. The van der Waals surface area contributed by atoms with Crippen molar-refractivity contribution in [2.45, 2.75) is 5.92 Å². The molecule has 0 amide bonds. The van der Waals surface area contributed by atoms with E-state index in [1.807, 2.05) is 18.2 Å². The van der Waals surface area contributed by atoms with Crippen molar-refractivity contribution in [3.05, 3.63) is 29.8 Å².